The number of amides is 1. The molecule has 0 fully saturated rings. The number of rotatable bonds is 5. The fourth-order valence-corrected chi connectivity index (χ4v) is 3.24. The van der Waals surface area contributed by atoms with Crippen molar-refractivity contribution in [2.45, 2.75) is 6.54 Å². The summed E-state index contributed by atoms with van der Waals surface area (Å²) in [6.45, 7) is 0.279. The highest BCUT2D eigenvalue weighted by atomic mass is 79.9. The second-order valence-electron chi connectivity index (χ2n) is 6.26. The van der Waals surface area contributed by atoms with Gasteiger partial charge in [-0.25, -0.2) is 4.98 Å². The number of hydrogen-bond donors (Lipinski definition) is 1. The molecule has 0 radical (unpaired) electrons. The summed E-state index contributed by atoms with van der Waals surface area (Å²) < 4.78 is 2.79. The van der Waals surface area contributed by atoms with Gasteiger partial charge in [-0.2, -0.15) is 0 Å². The van der Waals surface area contributed by atoms with Crippen molar-refractivity contribution in [1.82, 2.24) is 14.7 Å². The third kappa shape index (κ3) is 3.73. The van der Waals surface area contributed by atoms with Crippen LogP contribution in [0.25, 0.3) is 5.65 Å². The molecule has 0 aliphatic carbocycles. The van der Waals surface area contributed by atoms with Gasteiger partial charge >= 0.3 is 0 Å². The van der Waals surface area contributed by atoms with Crippen molar-refractivity contribution >= 4 is 33.3 Å². The predicted octanol–water partition coefficient (Wildman–Crippen LogP) is 4.26. The number of nitrogens with zero attached hydrogens (tertiary/aromatic N) is 2. The van der Waals surface area contributed by atoms with E-state index in [1.807, 2.05) is 35.0 Å². The molecule has 4 rings (SSSR count). The maximum Gasteiger partial charge on any atom is 0.252 e. The van der Waals surface area contributed by atoms with Gasteiger partial charge in [0.25, 0.3) is 5.91 Å². The van der Waals surface area contributed by atoms with Crippen LogP contribution in [0.15, 0.2) is 83.6 Å². The summed E-state index contributed by atoms with van der Waals surface area (Å²) >= 11 is 3.36. The van der Waals surface area contributed by atoms with E-state index in [0.29, 0.717) is 16.7 Å². The van der Waals surface area contributed by atoms with E-state index in [9.17, 15) is 9.59 Å². The normalized spacial score (nSPS) is 10.8. The van der Waals surface area contributed by atoms with Gasteiger partial charge in [0.15, 0.2) is 5.78 Å². The second kappa shape index (κ2) is 7.78. The second-order valence-corrected chi connectivity index (χ2v) is 7.18. The van der Waals surface area contributed by atoms with Gasteiger partial charge in [-0.1, -0.05) is 40.2 Å². The van der Waals surface area contributed by atoms with Crippen LogP contribution in [-0.4, -0.2) is 21.1 Å². The van der Waals surface area contributed by atoms with Gasteiger partial charge in [0.05, 0.1) is 17.8 Å². The Balaban J connectivity index is 1.54. The molecule has 6 heteroatoms. The summed E-state index contributed by atoms with van der Waals surface area (Å²) in [5.74, 6) is -0.496. The Bertz CT molecular complexity index is 1130. The van der Waals surface area contributed by atoms with Gasteiger partial charge in [0.2, 0.25) is 0 Å². The van der Waals surface area contributed by atoms with Crippen molar-refractivity contribution in [1.29, 1.82) is 0 Å². The van der Waals surface area contributed by atoms with Gasteiger partial charge in [-0.3, -0.25) is 9.59 Å². The van der Waals surface area contributed by atoms with Crippen LogP contribution in [0.4, 0.5) is 0 Å². The number of hydrogen-bond acceptors (Lipinski definition) is 3. The van der Waals surface area contributed by atoms with E-state index >= 15 is 0 Å². The third-order valence-electron chi connectivity index (χ3n) is 4.37. The molecule has 0 saturated carbocycles. The summed E-state index contributed by atoms with van der Waals surface area (Å²) in [7, 11) is 0. The van der Waals surface area contributed by atoms with E-state index in [-0.39, 0.29) is 18.2 Å². The monoisotopic (exact) mass is 433 g/mol. The molecule has 1 amide bonds. The molecule has 0 aliphatic rings. The maximum atomic E-state index is 12.9. The van der Waals surface area contributed by atoms with E-state index in [4.69, 9.17) is 0 Å². The molecule has 0 atom stereocenters. The first-order valence-corrected chi connectivity index (χ1v) is 9.51. The van der Waals surface area contributed by atoms with E-state index in [0.717, 1.165) is 15.8 Å². The quantitative estimate of drug-likeness (QED) is 0.478. The predicted molar refractivity (Wildman–Crippen MR) is 110 cm³/mol. The SMILES string of the molecule is O=C(NCc1cn2ccccc2n1)c1ccccc1C(=O)c1ccc(Br)cc1. The molecule has 0 saturated heterocycles. The number of carbonyl (C=O) groups is 2. The largest absolute Gasteiger partial charge is 0.346 e. The Morgan fingerprint density at radius 2 is 1.64 bits per heavy atom. The number of nitrogens with one attached hydrogen (secondary N) is 1. The number of halogens is 1. The van der Waals surface area contributed by atoms with E-state index in [1.54, 1.807) is 48.5 Å². The molecule has 0 bridgehead atoms. The molecule has 4 aromatic rings. The summed E-state index contributed by atoms with van der Waals surface area (Å²) in [6, 6.07) is 19.6. The average Bonchev–Trinajstić information content (AvgIpc) is 3.15. The highest BCUT2D eigenvalue weighted by Gasteiger charge is 2.18. The molecule has 28 heavy (non-hydrogen) atoms. The maximum absolute atomic E-state index is 12.9. The van der Waals surface area contributed by atoms with Crippen LogP contribution in [0.2, 0.25) is 0 Å². The third-order valence-corrected chi connectivity index (χ3v) is 4.90. The molecule has 1 N–H and O–H groups in total. The van der Waals surface area contributed by atoms with Gasteiger partial charge in [-0.05, 0) is 42.5 Å². The Morgan fingerprint density at radius 1 is 0.929 bits per heavy atom. The van der Waals surface area contributed by atoms with Crippen molar-refractivity contribution in [3.63, 3.8) is 0 Å². The Labute approximate surface area is 170 Å². The minimum absolute atomic E-state index is 0.189. The zero-order valence-electron chi connectivity index (χ0n) is 14.8. The minimum atomic E-state index is -0.307. The zero-order valence-corrected chi connectivity index (χ0v) is 16.4. The number of aromatic nitrogens is 2. The molecule has 5 nitrogen and oxygen atoms in total. The Kier molecular flexibility index (Phi) is 5.04. The van der Waals surface area contributed by atoms with Crippen LogP contribution >= 0.6 is 15.9 Å². The highest BCUT2D eigenvalue weighted by molar-refractivity contribution is 9.10. The lowest BCUT2D eigenvalue weighted by atomic mass is 9.98. The number of fused-ring (bicyclic) bond motifs is 1. The number of imidazole rings is 1. The molecule has 2 aromatic carbocycles. The van der Waals surface area contributed by atoms with Crippen LogP contribution in [0, 0.1) is 0 Å². The average molecular weight is 434 g/mol. The molecule has 0 aliphatic heterocycles. The number of carbonyl (C=O) groups excluding carboxylic acids is 2. The molecular weight excluding hydrogens is 418 g/mol. The molecule has 2 aromatic heterocycles. The van der Waals surface area contributed by atoms with Crippen molar-refractivity contribution in [3.05, 3.63) is 106 Å². The van der Waals surface area contributed by atoms with Crippen LogP contribution in [0.1, 0.15) is 32.0 Å². The topological polar surface area (TPSA) is 63.5 Å². The summed E-state index contributed by atoms with van der Waals surface area (Å²) in [5.41, 5.74) is 2.81. The van der Waals surface area contributed by atoms with E-state index < -0.39 is 0 Å². The zero-order chi connectivity index (χ0) is 19.5. The van der Waals surface area contributed by atoms with Crippen molar-refractivity contribution in [2.75, 3.05) is 0 Å². The molecule has 0 spiro atoms. The fraction of sp³-hybridized carbons (Fsp3) is 0.0455. The number of benzene rings is 2. The van der Waals surface area contributed by atoms with Crippen LogP contribution in [-0.2, 0) is 6.54 Å². The molecule has 2 heterocycles. The number of pyridine rings is 1. The first kappa shape index (κ1) is 18.1. The standard InChI is InChI=1S/C22H16BrN3O2/c23-16-10-8-15(9-11-16)21(27)18-5-1-2-6-19(18)22(28)24-13-17-14-26-12-4-3-7-20(26)25-17/h1-12,14H,13H2,(H,24,28). The van der Waals surface area contributed by atoms with Crippen molar-refractivity contribution in [3.8, 4) is 0 Å². The molecule has 0 unspecified atom stereocenters. The summed E-state index contributed by atoms with van der Waals surface area (Å²) in [5, 5.41) is 2.86. The lowest BCUT2D eigenvalue weighted by molar-refractivity contribution is 0.0939. The highest BCUT2D eigenvalue weighted by Crippen LogP contribution is 2.17. The van der Waals surface area contributed by atoms with Gasteiger partial charge in [0.1, 0.15) is 5.65 Å². The fourth-order valence-electron chi connectivity index (χ4n) is 2.97. The smallest absolute Gasteiger partial charge is 0.252 e. The number of ketones is 1. The van der Waals surface area contributed by atoms with Gasteiger partial charge in [-0.15, -0.1) is 0 Å². The van der Waals surface area contributed by atoms with Crippen LogP contribution in [0.5, 0.6) is 0 Å². The van der Waals surface area contributed by atoms with Gasteiger partial charge in [0, 0.05) is 28.0 Å². The van der Waals surface area contributed by atoms with Crippen molar-refractivity contribution in [2.24, 2.45) is 0 Å². The molecule has 138 valence electrons. The van der Waals surface area contributed by atoms with E-state index in [2.05, 4.69) is 26.2 Å². The lowest BCUT2D eigenvalue weighted by Gasteiger charge is -2.09. The first-order valence-electron chi connectivity index (χ1n) is 8.72. The van der Waals surface area contributed by atoms with Crippen LogP contribution in [0.3, 0.4) is 0 Å². The Morgan fingerprint density at radius 3 is 2.39 bits per heavy atom. The molecular formula is C22H16BrN3O2. The van der Waals surface area contributed by atoms with E-state index in [1.165, 1.54) is 0 Å². The summed E-state index contributed by atoms with van der Waals surface area (Å²) in [6.07, 6.45) is 3.77. The lowest BCUT2D eigenvalue weighted by Crippen LogP contribution is -2.25. The Hall–Kier alpha value is -3.25. The minimum Gasteiger partial charge on any atom is -0.346 e. The van der Waals surface area contributed by atoms with Gasteiger partial charge < -0.3 is 9.72 Å². The summed E-state index contributed by atoms with van der Waals surface area (Å²) in [4.78, 5) is 30.1. The first-order chi connectivity index (χ1) is 13.6. The van der Waals surface area contributed by atoms with Crippen molar-refractivity contribution < 1.29 is 9.59 Å². The van der Waals surface area contributed by atoms with Crippen LogP contribution < -0.4 is 5.32 Å².